The van der Waals surface area contributed by atoms with E-state index < -0.39 is 11.6 Å². The van der Waals surface area contributed by atoms with Crippen molar-refractivity contribution in [3.8, 4) is 0 Å². The molecule has 0 saturated heterocycles. The third kappa shape index (κ3) is 1.83. The van der Waals surface area contributed by atoms with Crippen molar-refractivity contribution in [3.05, 3.63) is 59.2 Å². The number of anilines is 2. The lowest BCUT2D eigenvalue weighted by atomic mass is 10.1. The van der Waals surface area contributed by atoms with E-state index in [0.29, 0.717) is 11.3 Å². The first-order valence-corrected chi connectivity index (χ1v) is 5.71. The van der Waals surface area contributed by atoms with Gasteiger partial charge in [0.1, 0.15) is 11.6 Å². The van der Waals surface area contributed by atoms with Gasteiger partial charge in [0.25, 0.3) is 5.91 Å². The summed E-state index contributed by atoms with van der Waals surface area (Å²) in [7, 11) is 0. The van der Waals surface area contributed by atoms with Gasteiger partial charge in [-0.3, -0.25) is 4.79 Å². The Labute approximate surface area is 108 Å². The summed E-state index contributed by atoms with van der Waals surface area (Å²) >= 11 is 0. The topological polar surface area (TPSA) is 46.3 Å². The van der Waals surface area contributed by atoms with E-state index in [4.69, 9.17) is 5.73 Å². The molecule has 0 bridgehead atoms. The van der Waals surface area contributed by atoms with Crippen molar-refractivity contribution >= 4 is 17.3 Å². The molecule has 1 heterocycles. The molecule has 0 fully saturated rings. The van der Waals surface area contributed by atoms with Crippen LogP contribution in [0.4, 0.5) is 20.2 Å². The normalized spacial score (nSPS) is 13.8. The van der Waals surface area contributed by atoms with E-state index in [1.165, 1.54) is 4.90 Å². The van der Waals surface area contributed by atoms with Crippen LogP contribution in [0.2, 0.25) is 0 Å². The third-order valence-electron chi connectivity index (χ3n) is 3.14. The second kappa shape index (κ2) is 4.05. The Balaban J connectivity index is 2.06. The van der Waals surface area contributed by atoms with Crippen LogP contribution in [0.15, 0.2) is 36.4 Å². The highest BCUT2D eigenvalue weighted by atomic mass is 19.1. The third-order valence-corrected chi connectivity index (χ3v) is 3.14. The monoisotopic (exact) mass is 260 g/mol. The zero-order chi connectivity index (χ0) is 13.6. The smallest absolute Gasteiger partial charge is 0.259 e. The summed E-state index contributed by atoms with van der Waals surface area (Å²) in [5.74, 6) is -1.58. The van der Waals surface area contributed by atoms with Crippen molar-refractivity contribution in [2.24, 2.45) is 0 Å². The Kier molecular flexibility index (Phi) is 2.48. The highest BCUT2D eigenvalue weighted by Gasteiger charge is 2.30. The predicted octanol–water partition coefficient (Wildman–Crippen LogP) is 2.71. The molecular formula is C14H10F2N2O. The van der Waals surface area contributed by atoms with E-state index in [0.717, 1.165) is 23.8 Å². The van der Waals surface area contributed by atoms with E-state index in [2.05, 4.69) is 0 Å². The van der Waals surface area contributed by atoms with Gasteiger partial charge in [0.2, 0.25) is 0 Å². The molecule has 1 amide bonds. The zero-order valence-electron chi connectivity index (χ0n) is 9.86. The Hall–Kier alpha value is -2.43. The molecule has 0 spiro atoms. The van der Waals surface area contributed by atoms with Gasteiger partial charge in [0.15, 0.2) is 0 Å². The van der Waals surface area contributed by atoms with Crippen molar-refractivity contribution in [3.63, 3.8) is 0 Å². The molecule has 0 radical (unpaired) electrons. The molecular weight excluding hydrogens is 250 g/mol. The van der Waals surface area contributed by atoms with Gasteiger partial charge in [-0.2, -0.15) is 0 Å². The number of carbonyl (C=O) groups excluding carboxylic acids is 1. The van der Waals surface area contributed by atoms with Gasteiger partial charge < -0.3 is 10.6 Å². The average Bonchev–Trinajstić information content (AvgIpc) is 2.70. The second-order valence-corrected chi connectivity index (χ2v) is 4.40. The summed E-state index contributed by atoms with van der Waals surface area (Å²) in [6, 6.07) is 7.99. The fourth-order valence-electron chi connectivity index (χ4n) is 2.21. The molecule has 5 heteroatoms. The van der Waals surface area contributed by atoms with Gasteiger partial charge in [-0.05, 0) is 29.8 Å². The highest BCUT2D eigenvalue weighted by Crippen LogP contribution is 2.31. The van der Waals surface area contributed by atoms with Gasteiger partial charge in [0.05, 0.1) is 12.2 Å². The average molecular weight is 260 g/mol. The van der Waals surface area contributed by atoms with Gasteiger partial charge in [-0.1, -0.05) is 6.07 Å². The zero-order valence-corrected chi connectivity index (χ0v) is 9.86. The highest BCUT2D eigenvalue weighted by molar-refractivity contribution is 6.10. The number of hydrogen-bond donors (Lipinski definition) is 1. The van der Waals surface area contributed by atoms with Crippen LogP contribution in [-0.4, -0.2) is 5.91 Å². The fourth-order valence-corrected chi connectivity index (χ4v) is 2.21. The molecule has 2 aromatic carbocycles. The minimum atomic E-state index is -0.629. The lowest BCUT2D eigenvalue weighted by Gasteiger charge is -2.16. The number of nitrogens with zero attached hydrogens (tertiary/aromatic N) is 1. The largest absolute Gasteiger partial charge is 0.399 e. The van der Waals surface area contributed by atoms with Crippen LogP contribution in [0.5, 0.6) is 0 Å². The van der Waals surface area contributed by atoms with Crippen LogP contribution in [0.3, 0.4) is 0 Å². The molecule has 2 aromatic rings. The Morgan fingerprint density at radius 1 is 1.11 bits per heavy atom. The molecule has 0 aromatic heterocycles. The number of rotatable bonds is 1. The molecule has 2 N–H and O–H groups in total. The summed E-state index contributed by atoms with van der Waals surface area (Å²) in [6.45, 7) is 0.217. The number of benzene rings is 2. The Morgan fingerprint density at radius 2 is 1.89 bits per heavy atom. The van der Waals surface area contributed by atoms with Crippen LogP contribution in [0, 0.1) is 11.6 Å². The van der Waals surface area contributed by atoms with Gasteiger partial charge in [-0.15, -0.1) is 0 Å². The van der Waals surface area contributed by atoms with Crippen molar-refractivity contribution < 1.29 is 13.6 Å². The molecule has 0 aliphatic carbocycles. The van der Waals surface area contributed by atoms with Crippen LogP contribution in [0.1, 0.15) is 15.9 Å². The Morgan fingerprint density at radius 3 is 2.68 bits per heavy atom. The van der Waals surface area contributed by atoms with E-state index >= 15 is 0 Å². The number of hydrogen-bond acceptors (Lipinski definition) is 2. The number of amides is 1. The molecule has 3 rings (SSSR count). The molecule has 1 aliphatic heterocycles. The standard InChI is InChI=1S/C14H10F2N2O/c15-9-2-4-12(16)13(5-9)18-7-8-1-3-10(17)6-11(8)14(18)19/h1-6H,7,17H2. The second-order valence-electron chi connectivity index (χ2n) is 4.40. The minimum Gasteiger partial charge on any atom is -0.399 e. The molecule has 0 saturated carbocycles. The molecule has 19 heavy (non-hydrogen) atoms. The Bertz CT molecular complexity index is 685. The van der Waals surface area contributed by atoms with Crippen molar-refractivity contribution in [2.45, 2.75) is 6.54 Å². The quantitative estimate of drug-likeness (QED) is 0.801. The van der Waals surface area contributed by atoms with E-state index in [1.54, 1.807) is 18.2 Å². The van der Waals surface area contributed by atoms with E-state index in [-0.39, 0.29) is 18.1 Å². The molecule has 3 nitrogen and oxygen atoms in total. The van der Waals surface area contributed by atoms with Gasteiger partial charge in [0, 0.05) is 17.3 Å². The van der Waals surface area contributed by atoms with Crippen molar-refractivity contribution in [1.82, 2.24) is 0 Å². The summed E-state index contributed by atoms with van der Waals surface area (Å²) < 4.78 is 26.9. The maximum atomic E-state index is 13.7. The molecule has 0 unspecified atom stereocenters. The lowest BCUT2D eigenvalue weighted by molar-refractivity contribution is 0.0996. The van der Waals surface area contributed by atoms with Gasteiger partial charge in [-0.25, -0.2) is 8.78 Å². The predicted molar refractivity (Wildman–Crippen MR) is 67.7 cm³/mol. The fraction of sp³-hybridized carbons (Fsp3) is 0.0714. The number of nitrogen functional groups attached to an aromatic ring is 1. The maximum absolute atomic E-state index is 13.7. The van der Waals surface area contributed by atoms with E-state index in [1.807, 2.05) is 0 Å². The van der Waals surface area contributed by atoms with Crippen LogP contribution >= 0.6 is 0 Å². The van der Waals surface area contributed by atoms with Crippen LogP contribution in [-0.2, 0) is 6.54 Å². The summed E-state index contributed by atoms with van der Waals surface area (Å²) in [5, 5.41) is 0. The lowest BCUT2D eigenvalue weighted by Crippen LogP contribution is -2.24. The van der Waals surface area contributed by atoms with Crippen molar-refractivity contribution in [1.29, 1.82) is 0 Å². The summed E-state index contributed by atoms with van der Waals surface area (Å²) in [4.78, 5) is 13.4. The SMILES string of the molecule is Nc1ccc2c(c1)C(=O)N(c1cc(F)ccc1F)C2. The molecule has 0 atom stereocenters. The number of fused-ring (bicyclic) bond motifs is 1. The number of carbonyl (C=O) groups is 1. The van der Waals surface area contributed by atoms with Crippen LogP contribution in [0.25, 0.3) is 0 Å². The number of halogens is 2. The minimum absolute atomic E-state index is 0.0558. The number of nitrogens with two attached hydrogens (primary N) is 1. The van der Waals surface area contributed by atoms with Gasteiger partial charge >= 0.3 is 0 Å². The first kappa shape index (κ1) is 11.6. The van der Waals surface area contributed by atoms with Crippen molar-refractivity contribution in [2.75, 3.05) is 10.6 Å². The van der Waals surface area contributed by atoms with E-state index in [9.17, 15) is 13.6 Å². The van der Waals surface area contributed by atoms with Crippen LogP contribution < -0.4 is 10.6 Å². The first-order chi connectivity index (χ1) is 9.06. The summed E-state index contributed by atoms with van der Waals surface area (Å²) in [5.41, 5.74) is 7.22. The first-order valence-electron chi connectivity index (χ1n) is 5.71. The summed E-state index contributed by atoms with van der Waals surface area (Å²) in [6.07, 6.45) is 0. The maximum Gasteiger partial charge on any atom is 0.259 e. The molecule has 96 valence electrons. The molecule has 1 aliphatic rings.